The molecule has 0 saturated heterocycles. The van der Waals surface area contributed by atoms with E-state index in [1.807, 2.05) is 43.3 Å². The number of carbonyl (C=O) groups excluding carboxylic acids is 1. The van der Waals surface area contributed by atoms with Crippen molar-refractivity contribution in [2.45, 2.75) is 6.92 Å². The topological polar surface area (TPSA) is 99.2 Å². The molecule has 3 rings (SSSR count). The van der Waals surface area contributed by atoms with Gasteiger partial charge in [0.15, 0.2) is 0 Å². The van der Waals surface area contributed by atoms with Crippen molar-refractivity contribution in [2.24, 2.45) is 20.5 Å². The number of anilines is 1. The number of esters is 1. The molecular weight excluding hydrogens is 394 g/mol. The molecule has 0 bridgehead atoms. The summed E-state index contributed by atoms with van der Waals surface area (Å²) in [6.07, 6.45) is 0. The molecule has 0 atom stereocenters. The van der Waals surface area contributed by atoms with Crippen molar-refractivity contribution in [3.63, 3.8) is 0 Å². The van der Waals surface area contributed by atoms with Gasteiger partial charge in [0.05, 0.1) is 29.2 Å². The van der Waals surface area contributed by atoms with Gasteiger partial charge >= 0.3 is 5.97 Å². The largest absolute Gasteiger partial charge is 0.506 e. The van der Waals surface area contributed by atoms with Gasteiger partial charge in [-0.1, -0.05) is 0 Å². The van der Waals surface area contributed by atoms with Gasteiger partial charge in [0.25, 0.3) is 0 Å². The van der Waals surface area contributed by atoms with Crippen LogP contribution >= 0.6 is 0 Å². The smallest absolute Gasteiger partial charge is 0.338 e. The van der Waals surface area contributed by atoms with Crippen LogP contribution in [0.25, 0.3) is 0 Å². The molecule has 0 fully saturated rings. The molecule has 0 spiro atoms. The van der Waals surface area contributed by atoms with Gasteiger partial charge < -0.3 is 14.7 Å². The highest BCUT2D eigenvalue weighted by atomic mass is 16.5. The van der Waals surface area contributed by atoms with E-state index in [0.717, 1.165) is 5.69 Å². The molecule has 0 saturated carbocycles. The number of phenolic OH excluding ortho intramolecular Hbond substituents is 1. The first-order valence-electron chi connectivity index (χ1n) is 9.67. The monoisotopic (exact) mass is 417 g/mol. The molecule has 0 aliphatic heterocycles. The van der Waals surface area contributed by atoms with Gasteiger partial charge in [-0.25, -0.2) is 4.79 Å². The third kappa shape index (κ3) is 5.96. The van der Waals surface area contributed by atoms with Crippen LogP contribution in [0.4, 0.5) is 28.4 Å². The van der Waals surface area contributed by atoms with Gasteiger partial charge in [-0.3, -0.25) is 0 Å². The van der Waals surface area contributed by atoms with Gasteiger partial charge in [-0.2, -0.15) is 15.3 Å². The number of ether oxygens (including phenoxy) is 1. The average Bonchev–Trinajstić information content (AvgIpc) is 2.78. The zero-order chi connectivity index (χ0) is 22.2. The van der Waals surface area contributed by atoms with Gasteiger partial charge in [0.1, 0.15) is 11.4 Å². The molecule has 0 heterocycles. The van der Waals surface area contributed by atoms with Crippen molar-refractivity contribution in [3.8, 4) is 5.75 Å². The number of hydrogen-bond donors (Lipinski definition) is 1. The number of aromatic hydroxyl groups is 1. The standard InChI is InChI=1S/C23H23N5O3/c1-4-31-23(30)16-5-7-17(8-6-16)25-27-21-14-11-19(15-22(21)29)26-24-18-9-12-20(13-10-18)28(2)3/h5-15,29H,4H2,1-3H3/b26-24+,27-25+. The van der Waals surface area contributed by atoms with Crippen LogP contribution in [0.15, 0.2) is 87.2 Å². The molecule has 0 radical (unpaired) electrons. The second-order valence-corrected chi connectivity index (χ2v) is 6.75. The molecule has 0 amide bonds. The molecule has 3 aromatic rings. The second kappa shape index (κ2) is 10.1. The highest BCUT2D eigenvalue weighted by Gasteiger charge is 2.06. The molecule has 3 aromatic carbocycles. The number of benzene rings is 3. The van der Waals surface area contributed by atoms with Crippen molar-refractivity contribution in [3.05, 3.63) is 72.3 Å². The van der Waals surface area contributed by atoms with Gasteiger partial charge in [-0.05, 0) is 67.6 Å². The zero-order valence-electron chi connectivity index (χ0n) is 17.6. The van der Waals surface area contributed by atoms with Crippen LogP contribution in [0, 0.1) is 0 Å². The number of phenols is 1. The predicted molar refractivity (Wildman–Crippen MR) is 120 cm³/mol. The fraction of sp³-hybridized carbons (Fsp3) is 0.174. The summed E-state index contributed by atoms with van der Waals surface area (Å²) in [6, 6.07) is 18.9. The number of rotatable bonds is 7. The first-order valence-corrected chi connectivity index (χ1v) is 9.67. The average molecular weight is 417 g/mol. The zero-order valence-corrected chi connectivity index (χ0v) is 17.6. The van der Waals surface area contributed by atoms with E-state index in [2.05, 4.69) is 20.5 Å². The molecule has 0 aromatic heterocycles. The van der Waals surface area contributed by atoms with Crippen molar-refractivity contribution in [2.75, 3.05) is 25.6 Å². The van der Waals surface area contributed by atoms with Gasteiger partial charge in [0.2, 0.25) is 0 Å². The Labute approximate surface area is 180 Å². The summed E-state index contributed by atoms with van der Waals surface area (Å²) < 4.78 is 4.94. The highest BCUT2D eigenvalue weighted by Crippen LogP contribution is 2.32. The lowest BCUT2D eigenvalue weighted by atomic mass is 10.2. The Hall–Kier alpha value is -4.07. The fourth-order valence-corrected chi connectivity index (χ4v) is 2.58. The van der Waals surface area contributed by atoms with Crippen molar-refractivity contribution >= 4 is 34.4 Å². The van der Waals surface area contributed by atoms with E-state index in [0.29, 0.717) is 34.9 Å². The number of hydrogen-bond acceptors (Lipinski definition) is 8. The Morgan fingerprint density at radius 3 is 1.97 bits per heavy atom. The molecular formula is C23H23N5O3. The molecule has 0 unspecified atom stereocenters. The Balaban J connectivity index is 1.67. The van der Waals surface area contributed by atoms with E-state index in [1.165, 1.54) is 6.07 Å². The Kier molecular flexibility index (Phi) is 7.05. The Bertz CT molecular complexity index is 1090. The summed E-state index contributed by atoms with van der Waals surface area (Å²) in [7, 11) is 3.94. The van der Waals surface area contributed by atoms with E-state index in [4.69, 9.17) is 4.74 Å². The SMILES string of the molecule is CCOC(=O)c1ccc(/N=N/c2ccc(/N=N/c3ccc(N(C)C)cc3)cc2O)cc1. The van der Waals surface area contributed by atoms with Crippen LogP contribution in [0.1, 0.15) is 17.3 Å². The molecule has 0 aliphatic carbocycles. The summed E-state index contributed by atoms with van der Waals surface area (Å²) in [4.78, 5) is 13.7. The summed E-state index contributed by atoms with van der Waals surface area (Å²) in [6.45, 7) is 2.07. The molecule has 8 nitrogen and oxygen atoms in total. The molecule has 8 heteroatoms. The second-order valence-electron chi connectivity index (χ2n) is 6.75. The predicted octanol–water partition coefficient (Wildman–Crippen LogP) is 6.47. The lowest BCUT2D eigenvalue weighted by molar-refractivity contribution is 0.0526. The van der Waals surface area contributed by atoms with Crippen molar-refractivity contribution in [1.29, 1.82) is 0 Å². The minimum absolute atomic E-state index is 0.0636. The van der Waals surface area contributed by atoms with E-state index in [1.54, 1.807) is 43.3 Å². The normalized spacial score (nSPS) is 11.2. The fourth-order valence-electron chi connectivity index (χ4n) is 2.58. The Morgan fingerprint density at radius 2 is 1.39 bits per heavy atom. The van der Waals surface area contributed by atoms with Crippen LogP contribution in [-0.2, 0) is 4.74 Å². The third-order valence-electron chi connectivity index (χ3n) is 4.26. The van der Waals surface area contributed by atoms with Gasteiger partial charge in [-0.15, -0.1) is 5.11 Å². The number of carbonyl (C=O) groups is 1. The van der Waals surface area contributed by atoms with Gasteiger partial charge in [0, 0.05) is 25.8 Å². The molecule has 31 heavy (non-hydrogen) atoms. The highest BCUT2D eigenvalue weighted by molar-refractivity contribution is 5.89. The quantitative estimate of drug-likeness (QED) is 0.352. The van der Waals surface area contributed by atoms with Crippen LogP contribution in [-0.4, -0.2) is 31.8 Å². The van der Waals surface area contributed by atoms with E-state index < -0.39 is 0 Å². The molecule has 0 aliphatic rings. The summed E-state index contributed by atoms with van der Waals surface area (Å²) in [5.41, 5.74) is 3.55. The van der Waals surface area contributed by atoms with Crippen LogP contribution in [0.5, 0.6) is 5.75 Å². The minimum atomic E-state index is -0.387. The van der Waals surface area contributed by atoms with Crippen molar-refractivity contribution in [1.82, 2.24) is 0 Å². The first kappa shape index (κ1) is 21.6. The summed E-state index contributed by atoms with van der Waals surface area (Å²) >= 11 is 0. The van der Waals surface area contributed by atoms with Crippen LogP contribution in [0.2, 0.25) is 0 Å². The Morgan fingerprint density at radius 1 is 0.839 bits per heavy atom. The number of azo groups is 2. The molecule has 158 valence electrons. The maximum Gasteiger partial charge on any atom is 0.338 e. The summed E-state index contributed by atoms with van der Waals surface area (Å²) in [5, 5.41) is 26.7. The minimum Gasteiger partial charge on any atom is -0.506 e. The maximum atomic E-state index is 11.7. The summed E-state index contributed by atoms with van der Waals surface area (Å²) in [5.74, 6) is -0.451. The lowest BCUT2D eigenvalue weighted by Crippen LogP contribution is -2.07. The maximum absolute atomic E-state index is 11.7. The first-order chi connectivity index (χ1) is 15.0. The number of nitrogens with zero attached hydrogens (tertiary/aromatic N) is 5. The van der Waals surface area contributed by atoms with Crippen LogP contribution < -0.4 is 4.90 Å². The third-order valence-corrected chi connectivity index (χ3v) is 4.26. The van der Waals surface area contributed by atoms with E-state index in [9.17, 15) is 9.90 Å². The lowest BCUT2D eigenvalue weighted by Gasteiger charge is -2.11. The van der Waals surface area contributed by atoms with E-state index in [-0.39, 0.29) is 11.7 Å². The molecule has 1 N–H and O–H groups in total. The van der Waals surface area contributed by atoms with Crippen molar-refractivity contribution < 1.29 is 14.6 Å². The van der Waals surface area contributed by atoms with Crippen LogP contribution in [0.3, 0.4) is 0 Å². The van der Waals surface area contributed by atoms with E-state index >= 15 is 0 Å².